The number of ether oxygens (including phenoxy) is 2. The largest absolute Gasteiger partial charge is 0.378 e. The molecular weight excluding hydrogens is 394 g/mol. The van der Waals surface area contributed by atoms with Gasteiger partial charge in [0.2, 0.25) is 0 Å². The number of nitro benzene ring substituents is 1. The number of Topliss-reactive ketones (excluding diaryl/α,β-unsaturated/α-hetero) is 1. The molecular formula is C22H24ClNO5. The molecule has 0 aliphatic heterocycles. The van der Waals surface area contributed by atoms with Gasteiger partial charge >= 0.3 is 0 Å². The molecule has 0 fully saturated rings. The van der Waals surface area contributed by atoms with Crippen LogP contribution in [-0.4, -0.2) is 23.9 Å². The number of aryl methyl sites for hydroxylation is 1. The van der Waals surface area contributed by atoms with E-state index in [1.807, 2.05) is 25.1 Å². The van der Waals surface area contributed by atoms with Crippen LogP contribution in [0.2, 0.25) is 5.02 Å². The van der Waals surface area contributed by atoms with Crippen molar-refractivity contribution in [2.75, 3.05) is 7.11 Å². The zero-order valence-corrected chi connectivity index (χ0v) is 17.5. The number of methoxy groups -OCH3 is 1. The SMILES string of the molecule is COC(C)[C@]1(OCc2ccc(C(C)=O)cc2[N+](=O)[O-])CCCc2cc(Cl)ccc21. The van der Waals surface area contributed by atoms with E-state index < -0.39 is 10.5 Å². The normalized spacial score (nSPS) is 19.4. The van der Waals surface area contributed by atoms with Gasteiger partial charge in [-0.05, 0) is 62.4 Å². The molecule has 0 aromatic heterocycles. The Bertz CT molecular complexity index is 945. The summed E-state index contributed by atoms with van der Waals surface area (Å²) in [4.78, 5) is 22.7. The van der Waals surface area contributed by atoms with Crippen molar-refractivity contribution in [3.05, 3.63) is 73.8 Å². The van der Waals surface area contributed by atoms with Crippen LogP contribution in [0.4, 0.5) is 5.69 Å². The highest BCUT2D eigenvalue weighted by atomic mass is 35.5. The summed E-state index contributed by atoms with van der Waals surface area (Å²) in [5.74, 6) is -0.219. The summed E-state index contributed by atoms with van der Waals surface area (Å²) < 4.78 is 12.1. The first kappa shape index (κ1) is 21.4. The molecule has 154 valence electrons. The third-order valence-corrected chi connectivity index (χ3v) is 5.94. The fourth-order valence-electron chi connectivity index (χ4n) is 4.02. The van der Waals surface area contributed by atoms with Crippen molar-refractivity contribution in [3.8, 4) is 0 Å². The van der Waals surface area contributed by atoms with Gasteiger partial charge in [0, 0.05) is 23.8 Å². The number of carbonyl (C=O) groups is 1. The second-order valence-corrected chi connectivity index (χ2v) is 7.80. The monoisotopic (exact) mass is 417 g/mol. The summed E-state index contributed by atoms with van der Waals surface area (Å²) in [6.45, 7) is 3.36. The topological polar surface area (TPSA) is 78.7 Å². The van der Waals surface area contributed by atoms with Crippen LogP contribution in [0, 0.1) is 10.1 Å². The van der Waals surface area contributed by atoms with Gasteiger partial charge in [-0.3, -0.25) is 14.9 Å². The fourth-order valence-corrected chi connectivity index (χ4v) is 4.21. The maximum atomic E-state index is 11.6. The molecule has 6 nitrogen and oxygen atoms in total. The maximum absolute atomic E-state index is 11.6. The Morgan fingerprint density at radius 3 is 2.72 bits per heavy atom. The first-order valence-electron chi connectivity index (χ1n) is 9.52. The third-order valence-electron chi connectivity index (χ3n) is 5.70. The number of nitrogens with zero attached hydrogens (tertiary/aromatic N) is 1. The molecule has 1 unspecified atom stereocenters. The van der Waals surface area contributed by atoms with E-state index in [4.69, 9.17) is 21.1 Å². The Morgan fingerprint density at radius 2 is 2.07 bits per heavy atom. The lowest BCUT2D eigenvalue weighted by Crippen LogP contribution is -2.44. The van der Waals surface area contributed by atoms with Gasteiger partial charge in [-0.25, -0.2) is 0 Å². The summed E-state index contributed by atoms with van der Waals surface area (Å²) in [5.41, 5.74) is 1.98. The number of nitro groups is 1. The van der Waals surface area contributed by atoms with Crippen LogP contribution >= 0.6 is 11.6 Å². The van der Waals surface area contributed by atoms with Gasteiger partial charge in [0.25, 0.3) is 5.69 Å². The first-order chi connectivity index (χ1) is 13.8. The predicted octanol–water partition coefficient (Wildman–Crippen LogP) is 5.23. The fraction of sp³-hybridized carbons (Fsp3) is 0.409. The number of carbonyl (C=O) groups excluding carboxylic acids is 1. The molecule has 29 heavy (non-hydrogen) atoms. The number of hydrogen-bond donors (Lipinski definition) is 0. The number of fused-ring (bicyclic) bond motifs is 1. The van der Waals surface area contributed by atoms with Crippen LogP contribution in [0.1, 0.15) is 53.7 Å². The van der Waals surface area contributed by atoms with Gasteiger partial charge in [0.1, 0.15) is 5.60 Å². The van der Waals surface area contributed by atoms with E-state index in [1.54, 1.807) is 19.2 Å². The number of halogens is 1. The Kier molecular flexibility index (Phi) is 6.36. The Morgan fingerprint density at radius 1 is 1.31 bits per heavy atom. The van der Waals surface area contributed by atoms with Crippen LogP contribution < -0.4 is 0 Å². The van der Waals surface area contributed by atoms with Crippen molar-refractivity contribution in [2.24, 2.45) is 0 Å². The summed E-state index contributed by atoms with van der Waals surface area (Å²) in [6, 6.07) is 10.2. The van der Waals surface area contributed by atoms with Crippen LogP contribution in [0.3, 0.4) is 0 Å². The highest BCUT2D eigenvalue weighted by Gasteiger charge is 2.43. The molecule has 0 bridgehead atoms. The number of benzene rings is 2. The molecule has 3 rings (SSSR count). The molecule has 0 radical (unpaired) electrons. The van der Waals surface area contributed by atoms with E-state index in [-0.39, 0.29) is 24.2 Å². The zero-order chi connectivity index (χ0) is 21.2. The average molecular weight is 418 g/mol. The molecule has 0 saturated carbocycles. The molecule has 7 heteroatoms. The molecule has 2 aromatic rings. The number of hydrogen-bond acceptors (Lipinski definition) is 5. The van der Waals surface area contributed by atoms with E-state index in [9.17, 15) is 14.9 Å². The van der Waals surface area contributed by atoms with Gasteiger partial charge in [-0.1, -0.05) is 23.7 Å². The Hall–Kier alpha value is -2.28. The second kappa shape index (κ2) is 8.61. The van der Waals surface area contributed by atoms with Crippen molar-refractivity contribution in [2.45, 2.75) is 51.4 Å². The Balaban J connectivity index is 1.99. The molecule has 0 heterocycles. The minimum Gasteiger partial charge on any atom is -0.378 e. The highest BCUT2D eigenvalue weighted by molar-refractivity contribution is 6.30. The molecule has 1 aliphatic rings. The van der Waals surface area contributed by atoms with Crippen molar-refractivity contribution in [3.63, 3.8) is 0 Å². The smallest absolute Gasteiger partial charge is 0.275 e. The molecule has 0 N–H and O–H groups in total. The second-order valence-electron chi connectivity index (χ2n) is 7.37. The molecule has 0 amide bonds. The van der Waals surface area contributed by atoms with Gasteiger partial charge in [0.05, 0.1) is 23.2 Å². The molecule has 2 atom stereocenters. The minimum absolute atomic E-state index is 0.0320. The van der Waals surface area contributed by atoms with Gasteiger partial charge in [-0.2, -0.15) is 0 Å². The van der Waals surface area contributed by atoms with E-state index in [0.717, 1.165) is 30.4 Å². The van der Waals surface area contributed by atoms with Crippen LogP contribution in [0.25, 0.3) is 0 Å². The molecule has 0 saturated heterocycles. The lowest BCUT2D eigenvalue weighted by molar-refractivity contribution is -0.386. The van der Waals surface area contributed by atoms with E-state index >= 15 is 0 Å². The van der Waals surface area contributed by atoms with E-state index in [1.165, 1.54) is 13.0 Å². The van der Waals surface area contributed by atoms with E-state index in [2.05, 4.69) is 0 Å². The maximum Gasteiger partial charge on any atom is 0.275 e. The summed E-state index contributed by atoms with van der Waals surface area (Å²) >= 11 is 6.18. The number of rotatable bonds is 7. The highest BCUT2D eigenvalue weighted by Crippen LogP contribution is 2.44. The van der Waals surface area contributed by atoms with Crippen LogP contribution in [0.5, 0.6) is 0 Å². The van der Waals surface area contributed by atoms with Crippen molar-refractivity contribution in [1.82, 2.24) is 0 Å². The summed E-state index contributed by atoms with van der Waals surface area (Å²) in [6.07, 6.45) is 2.26. The van der Waals surface area contributed by atoms with Gasteiger partial charge < -0.3 is 9.47 Å². The van der Waals surface area contributed by atoms with Crippen molar-refractivity contribution < 1.29 is 19.2 Å². The van der Waals surface area contributed by atoms with Crippen molar-refractivity contribution >= 4 is 23.1 Å². The lowest BCUT2D eigenvalue weighted by Gasteiger charge is -2.42. The van der Waals surface area contributed by atoms with Crippen LogP contribution in [0.15, 0.2) is 36.4 Å². The average Bonchev–Trinajstić information content (AvgIpc) is 2.70. The predicted molar refractivity (Wildman–Crippen MR) is 110 cm³/mol. The zero-order valence-electron chi connectivity index (χ0n) is 16.7. The standard InChI is InChI=1S/C22H24ClNO5/c1-14(25)16-6-7-18(21(12-16)24(26)27)13-29-22(15(2)28-3)10-4-5-17-11-19(23)8-9-20(17)22/h6-9,11-12,15H,4-5,10,13H2,1-3H3/t15?,22-/m1/s1. The van der Waals surface area contributed by atoms with Gasteiger partial charge in [0.15, 0.2) is 5.78 Å². The molecule has 0 spiro atoms. The molecule has 2 aromatic carbocycles. The minimum atomic E-state index is -0.736. The molecule has 1 aliphatic carbocycles. The lowest BCUT2D eigenvalue weighted by atomic mass is 9.76. The third kappa shape index (κ3) is 4.20. The first-order valence-corrected chi connectivity index (χ1v) is 9.90. The summed E-state index contributed by atoms with van der Waals surface area (Å²) in [7, 11) is 1.63. The Labute approximate surface area is 174 Å². The van der Waals surface area contributed by atoms with E-state index in [0.29, 0.717) is 16.1 Å². The van der Waals surface area contributed by atoms with Crippen molar-refractivity contribution in [1.29, 1.82) is 0 Å². The van der Waals surface area contributed by atoms with Crippen LogP contribution in [-0.2, 0) is 28.1 Å². The van der Waals surface area contributed by atoms with Gasteiger partial charge in [-0.15, -0.1) is 0 Å². The number of ketones is 1. The summed E-state index contributed by atoms with van der Waals surface area (Å²) in [5, 5.41) is 12.2. The quantitative estimate of drug-likeness (QED) is 0.350.